The van der Waals surface area contributed by atoms with E-state index in [1.807, 2.05) is 0 Å². The van der Waals surface area contributed by atoms with Crippen LogP contribution in [0.15, 0.2) is 0 Å². The zero-order valence-corrected chi connectivity index (χ0v) is 11.8. The molecule has 2 heteroatoms. The Hall–Kier alpha value is 0.177. The van der Waals surface area contributed by atoms with Crippen LogP contribution in [0.25, 0.3) is 0 Å². The maximum Gasteiger partial charge on any atom is 0.184 e. The van der Waals surface area contributed by atoms with Crippen molar-refractivity contribution in [3.8, 4) is 0 Å². The quantitative estimate of drug-likeness (QED) is 0.655. The summed E-state index contributed by atoms with van der Waals surface area (Å²) in [7, 11) is -1.34. The van der Waals surface area contributed by atoms with Gasteiger partial charge in [0.2, 0.25) is 0 Å². The Bertz CT molecular complexity index is 233. The number of rotatable bonds is 3. The molecule has 0 heterocycles. The molecule has 0 aromatic carbocycles. The van der Waals surface area contributed by atoms with Crippen molar-refractivity contribution in [3.05, 3.63) is 0 Å². The van der Waals surface area contributed by atoms with Gasteiger partial charge in [0.15, 0.2) is 8.32 Å². The second-order valence-corrected chi connectivity index (χ2v) is 10.9. The van der Waals surface area contributed by atoms with Gasteiger partial charge >= 0.3 is 0 Å². The average molecular weight is 226 g/mol. The fraction of sp³-hybridized carbons (Fsp3) is 1.00. The second kappa shape index (κ2) is 3.88. The SMILES string of the molecule is CC[C@H]1CCCC[C@]2(O[Si](C)(C)C)C[C@H]12. The fourth-order valence-corrected chi connectivity index (χ4v) is 5.05. The Morgan fingerprint density at radius 3 is 2.60 bits per heavy atom. The Morgan fingerprint density at radius 1 is 1.27 bits per heavy atom. The Morgan fingerprint density at radius 2 is 2.00 bits per heavy atom. The average Bonchev–Trinajstić information content (AvgIpc) is 2.76. The molecule has 0 N–H and O–H groups in total. The van der Waals surface area contributed by atoms with Gasteiger partial charge in [-0.1, -0.05) is 32.6 Å². The topological polar surface area (TPSA) is 9.23 Å². The molecule has 0 aliphatic heterocycles. The van der Waals surface area contributed by atoms with Crippen LogP contribution in [0, 0.1) is 11.8 Å². The minimum Gasteiger partial charge on any atom is -0.412 e. The summed E-state index contributed by atoms with van der Waals surface area (Å²) in [6.07, 6.45) is 8.37. The van der Waals surface area contributed by atoms with Crippen molar-refractivity contribution in [3.63, 3.8) is 0 Å². The largest absolute Gasteiger partial charge is 0.412 e. The lowest BCUT2D eigenvalue weighted by molar-refractivity contribution is 0.132. The van der Waals surface area contributed by atoms with Crippen LogP contribution in [0.2, 0.25) is 19.6 Å². The summed E-state index contributed by atoms with van der Waals surface area (Å²) in [6, 6.07) is 0. The van der Waals surface area contributed by atoms with Crippen molar-refractivity contribution in [2.24, 2.45) is 11.8 Å². The summed E-state index contributed by atoms with van der Waals surface area (Å²) < 4.78 is 6.49. The van der Waals surface area contributed by atoms with Crippen molar-refractivity contribution in [1.82, 2.24) is 0 Å². The smallest absolute Gasteiger partial charge is 0.184 e. The van der Waals surface area contributed by atoms with Crippen molar-refractivity contribution in [2.45, 2.75) is 70.7 Å². The lowest BCUT2D eigenvalue weighted by Gasteiger charge is -2.28. The third kappa shape index (κ3) is 2.47. The molecule has 1 nitrogen and oxygen atoms in total. The standard InChI is InChI=1S/C13H26OSi/c1-5-11-8-6-7-9-13(10-12(11)13)14-15(2,3)4/h11-12H,5-10H2,1-4H3/t11-,12+,13-/m0/s1. The minimum absolute atomic E-state index is 0.349. The van der Waals surface area contributed by atoms with E-state index in [-0.39, 0.29) is 0 Å². The normalized spacial score (nSPS) is 40.8. The molecule has 0 bridgehead atoms. The highest BCUT2D eigenvalue weighted by atomic mass is 28.4. The summed E-state index contributed by atoms with van der Waals surface area (Å²) in [5, 5.41) is 0. The second-order valence-electron chi connectivity index (χ2n) is 6.50. The molecule has 2 rings (SSSR count). The van der Waals surface area contributed by atoms with E-state index in [4.69, 9.17) is 4.43 Å². The first-order valence-corrected chi connectivity index (χ1v) is 10.1. The first-order chi connectivity index (χ1) is 6.97. The molecule has 2 fully saturated rings. The van der Waals surface area contributed by atoms with E-state index in [0.29, 0.717) is 5.60 Å². The lowest BCUT2D eigenvalue weighted by atomic mass is 9.95. The number of hydrogen-bond donors (Lipinski definition) is 0. The molecule has 3 atom stereocenters. The van der Waals surface area contributed by atoms with Crippen LogP contribution in [0.5, 0.6) is 0 Å². The first-order valence-electron chi connectivity index (χ1n) is 6.67. The van der Waals surface area contributed by atoms with Gasteiger partial charge < -0.3 is 4.43 Å². The highest BCUT2D eigenvalue weighted by Gasteiger charge is 2.59. The predicted molar refractivity (Wildman–Crippen MR) is 67.5 cm³/mol. The molecule has 2 aliphatic carbocycles. The maximum absolute atomic E-state index is 6.49. The molecule has 0 saturated heterocycles. The first kappa shape index (κ1) is 11.7. The fourth-order valence-electron chi connectivity index (χ4n) is 3.50. The van der Waals surface area contributed by atoms with Crippen LogP contribution in [0.4, 0.5) is 0 Å². The van der Waals surface area contributed by atoms with Gasteiger partial charge in [0.25, 0.3) is 0 Å². The summed E-state index contributed by atoms with van der Waals surface area (Å²) in [6.45, 7) is 9.36. The van der Waals surface area contributed by atoms with Gasteiger partial charge in [-0.2, -0.15) is 0 Å². The summed E-state index contributed by atoms with van der Waals surface area (Å²) in [4.78, 5) is 0. The highest BCUT2D eigenvalue weighted by molar-refractivity contribution is 6.69. The number of fused-ring (bicyclic) bond motifs is 1. The van der Waals surface area contributed by atoms with E-state index in [0.717, 1.165) is 11.8 Å². The molecule has 0 radical (unpaired) electrons. The Labute approximate surface area is 95.7 Å². The monoisotopic (exact) mass is 226 g/mol. The van der Waals surface area contributed by atoms with E-state index in [1.165, 1.54) is 38.5 Å². The predicted octanol–water partition coefficient (Wildman–Crippen LogP) is 4.20. The van der Waals surface area contributed by atoms with E-state index in [1.54, 1.807) is 0 Å². The molecular weight excluding hydrogens is 200 g/mol. The summed E-state index contributed by atoms with van der Waals surface area (Å²) >= 11 is 0. The van der Waals surface area contributed by atoms with Crippen molar-refractivity contribution >= 4 is 8.32 Å². The van der Waals surface area contributed by atoms with Gasteiger partial charge in [-0.25, -0.2) is 0 Å². The van der Waals surface area contributed by atoms with Gasteiger partial charge in [0, 0.05) is 0 Å². The van der Waals surface area contributed by atoms with Crippen LogP contribution in [-0.4, -0.2) is 13.9 Å². The summed E-state index contributed by atoms with van der Waals surface area (Å²) in [5.41, 5.74) is 0.349. The highest BCUT2D eigenvalue weighted by Crippen LogP contribution is 2.59. The van der Waals surface area contributed by atoms with Crippen molar-refractivity contribution in [2.75, 3.05) is 0 Å². The van der Waals surface area contributed by atoms with Gasteiger partial charge in [0.1, 0.15) is 0 Å². The zero-order chi connectivity index (χ0) is 11.1. The molecule has 2 aliphatic rings. The Kier molecular flexibility index (Phi) is 3.02. The molecule has 15 heavy (non-hydrogen) atoms. The van der Waals surface area contributed by atoms with Crippen LogP contribution in [0.1, 0.15) is 45.4 Å². The van der Waals surface area contributed by atoms with Crippen molar-refractivity contribution in [1.29, 1.82) is 0 Å². The third-order valence-corrected chi connectivity index (χ3v) is 5.13. The molecule has 0 aromatic rings. The molecule has 88 valence electrons. The van der Waals surface area contributed by atoms with Crippen molar-refractivity contribution < 1.29 is 4.43 Å². The lowest BCUT2D eigenvalue weighted by Crippen LogP contribution is -2.35. The van der Waals surface area contributed by atoms with Gasteiger partial charge in [-0.05, 0) is 44.3 Å². The van der Waals surface area contributed by atoms with Gasteiger partial charge in [-0.3, -0.25) is 0 Å². The van der Waals surface area contributed by atoms with E-state index < -0.39 is 8.32 Å². The van der Waals surface area contributed by atoms with Crippen LogP contribution in [-0.2, 0) is 4.43 Å². The maximum atomic E-state index is 6.49. The molecule has 0 aromatic heterocycles. The van der Waals surface area contributed by atoms with E-state index >= 15 is 0 Å². The van der Waals surface area contributed by atoms with Crippen LogP contribution < -0.4 is 0 Å². The molecular formula is C13H26OSi. The Balaban J connectivity index is 2.04. The molecule has 0 spiro atoms. The third-order valence-electron chi connectivity index (χ3n) is 4.11. The van der Waals surface area contributed by atoms with Gasteiger partial charge in [0.05, 0.1) is 5.60 Å². The molecule has 0 unspecified atom stereocenters. The van der Waals surface area contributed by atoms with Crippen LogP contribution >= 0.6 is 0 Å². The molecule has 2 saturated carbocycles. The van der Waals surface area contributed by atoms with E-state index in [9.17, 15) is 0 Å². The summed E-state index contributed by atoms with van der Waals surface area (Å²) in [5.74, 6) is 1.88. The van der Waals surface area contributed by atoms with Crippen LogP contribution in [0.3, 0.4) is 0 Å². The van der Waals surface area contributed by atoms with E-state index in [2.05, 4.69) is 26.6 Å². The number of hydrogen-bond acceptors (Lipinski definition) is 1. The zero-order valence-electron chi connectivity index (χ0n) is 10.8. The minimum atomic E-state index is -1.34. The van der Waals surface area contributed by atoms with Gasteiger partial charge in [-0.15, -0.1) is 0 Å². The molecule has 0 amide bonds.